The van der Waals surface area contributed by atoms with E-state index in [2.05, 4.69) is 36.2 Å². The zero-order valence-corrected chi connectivity index (χ0v) is 10.7. The molecule has 0 aliphatic rings. The number of thioether (sulfide) groups is 1. The number of rotatable bonds is 4. The number of nitrogens with two attached hydrogens (primary N) is 1. The summed E-state index contributed by atoms with van der Waals surface area (Å²) >= 11 is 1.79. The molecular formula is C14H16N2S. The van der Waals surface area contributed by atoms with E-state index in [4.69, 9.17) is 5.73 Å². The molecule has 1 unspecified atom stereocenters. The molecule has 2 N–H and O–H groups in total. The van der Waals surface area contributed by atoms with Crippen molar-refractivity contribution in [1.29, 1.82) is 0 Å². The summed E-state index contributed by atoms with van der Waals surface area (Å²) in [4.78, 5) is 5.23. The normalized spacial score (nSPS) is 12.4. The molecule has 0 spiro atoms. The highest BCUT2D eigenvalue weighted by Gasteiger charge is 2.12. The van der Waals surface area contributed by atoms with Crippen LogP contribution in [0.4, 0.5) is 0 Å². The first-order valence-electron chi connectivity index (χ1n) is 5.63. The van der Waals surface area contributed by atoms with E-state index in [1.807, 2.05) is 24.5 Å². The van der Waals surface area contributed by atoms with Crippen molar-refractivity contribution in [2.24, 2.45) is 5.73 Å². The van der Waals surface area contributed by atoms with Crippen molar-refractivity contribution in [3.8, 4) is 0 Å². The molecule has 0 bridgehead atoms. The molecule has 2 rings (SSSR count). The molecule has 1 aromatic heterocycles. The van der Waals surface area contributed by atoms with Gasteiger partial charge in [0.15, 0.2) is 0 Å². The van der Waals surface area contributed by atoms with Crippen molar-refractivity contribution in [3.63, 3.8) is 0 Å². The van der Waals surface area contributed by atoms with Gasteiger partial charge in [-0.05, 0) is 30.2 Å². The second kappa shape index (κ2) is 5.84. The predicted octanol–water partition coefficient (Wildman–Crippen LogP) is 3.18. The molecule has 0 aliphatic carbocycles. The van der Waals surface area contributed by atoms with Crippen molar-refractivity contribution in [3.05, 3.63) is 59.9 Å². The Morgan fingerprint density at radius 1 is 1.18 bits per heavy atom. The van der Waals surface area contributed by atoms with E-state index >= 15 is 0 Å². The quantitative estimate of drug-likeness (QED) is 0.840. The first kappa shape index (κ1) is 12.1. The fourth-order valence-electron chi connectivity index (χ4n) is 1.77. The molecule has 0 radical (unpaired) electrons. The van der Waals surface area contributed by atoms with Gasteiger partial charge in [-0.25, -0.2) is 0 Å². The van der Waals surface area contributed by atoms with Crippen LogP contribution in [0.15, 0.2) is 53.7 Å². The lowest BCUT2D eigenvalue weighted by atomic mass is 10.1. The maximum Gasteiger partial charge on any atom is 0.0469 e. The number of aryl methyl sites for hydroxylation is 1. The zero-order chi connectivity index (χ0) is 12.1. The highest BCUT2D eigenvalue weighted by atomic mass is 32.2. The average molecular weight is 244 g/mol. The van der Waals surface area contributed by atoms with Crippen LogP contribution >= 0.6 is 11.8 Å². The topological polar surface area (TPSA) is 38.9 Å². The van der Waals surface area contributed by atoms with E-state index in [-0.39, 0.29) is 0 Å². The zero-order valence-electron chi connectivity index (χ0n) is 9.84. The van der Waals surface area contributed by atoms with Gasteiger partial charge in [0.1, 0.15) is 0 Å². The molecule has 88 valence electrons. The van der Waals surface area contributed by atoms with Gasteiger partial charge in [0.05, 0.1) is 0 Å². The third kappa shape index (κ3) is 3.08. The van der Waals surface area contributed by atoms with Gasteiger partial charge in [0, 0.05) is 29.1 Å². The smallest absolute Gasteiger partial charge is 0.0469 e. The molecule has 3 heteroatoms. The van der Waals surface area contributed by atoms with Crippen LogP contribution in [-0.2, 0) is 0 Å². The highest BCUT2D eigenvalue weighted by molar-refractivity contribution is 7.99. The van der Waals surface area contributed by atoms with E-state index in [1.165, 1.54) is 16.0 Å². The van der Waals surface area contributed by atoms with Gasteiger partial charge < -0.3 is 5.73 Å². The molecule has 0 amide bonds. The standard InChI is InChI=1S/C14H16N2S/c1-11-4-2-3-5-13(11)14(10-15)17-12-6-8-16-9-7-12/h2-9,14H,10,15H2,1H3. The second-order valence-corrected chi connectivity index (χ2v) is 5.16. The van der Waals surface area contributed by atoms with Gasteiger partial charge in [-0.3, -0.25) is 4.98 Å². The average Bonchev–Trinajstić information content (AvgIpc) is 2.38. The first-order valence-corrected chi connectivity index (χ1v) is 6.51. The Bertz CT molecular complexity index is 471. The predicted molar refractivity (Wildman–Crippen MR) is 73.1 cm³/mol. The summed E-state index contributed by atoms with van der Waals surface area (Å²) in [6.07, 6.45) is 3.63. The number of aromatic nitrogens is 1. The lowest BCUT2D eigenvalue weighted by Gasteiger charge is -2.17. The molecule has 0 aliphatic heterocycles. The number of nitrogens with zero attached hydrogens (tertiary/aromatic N) is 1. The molecule has 1 heterocycles. The summed E-state index contributed by atoms with van der Waals surface area (Å²) in [6, 6.07) is 12.4. The fourth-order valence-corrected chi connectivity index (χ4v) is 2.86. The molecule has 2 aromatic rings. The molecule has 17 heavy (non-hydrogen) atoms. The van der Waals surface area contributed by atoms with Crippen LogP contribution in [-0.4, -0.2) is 11.5 Å². The van der Waals surface area contributed by atoms with Gasteiger partial charge in [-0.1, -0.05) is 24.3 Å². The van der Waals surface area contributed by atoms with E-state index in [0.29, 0.717) is 11.8 Å². The summed E-state index contributed by atoms with van der Waals surface area (Å²) in [6.45, 7) is 2.77. The summed E-state index contributed by atoms with van der Waals surface area (Å²) in [5.41, 5.74) is 8.50. The van der Waals surface area contributed by atoms with Crippen molar-refractivity contribution >= 4 is 11.8 Å². The van der Waals surface area contributed by atoms with Crippen LogP contribution in [0.2, 0.25) is 0 Å². The van der Waals surface area contributed by atoms with Gasteiger partial charge in [0.25, 0.3) is 0 Å². The van der Waals surface area contributed by atoms with Gasteiger partial charge >= 0.3 is 0 Å². The van der Waals surface area contributed by atoms with Crippen molar-refractivity contribution in [2.75, 3.05) is 6.54 Å². The minimum absolute atomic E-state index is 0.304. The molecular weight excluding hydrogens is 228 g/mol. The van der Waals surface area contributed by atoms with E-state index in [0.717, 1.165) is 0 Å². The Balaban J connectivity index is 2.21. The van der Waals surface area contributed by atoms with E-state index < -0.39 is 0 Å². The minimum atomic E-state index is 0.304. The number of benzene rings is 1. The van der Waals surface area contributed by atoms with Crippen LogP contribution in [0.25, 0.3) is 0 Å². The Morgan fingerprint density at radius 3 is 2.53 bits per heavy atom. The van der Waals surface area contributed by atoms with Gasteiger partial charge in [0.2, 0.25) is 0 Å². The van der Waals surface area contributed by atoms with Crippen molar-refractivity contribution < 1.29 is 0 Å². The fraction of sp³-hybridized carbons (Fsp3) is 0.214. The first-order chi connectivity index (χ1) is 8.31. The van der Waals surface area contributed by atoms with Crippen molar-refractivity contribution in [2.45, 2.75) is 17.1 Å². The van der Waals surface area contributed by atoms with Crippen LogP contribution in [0.1, 0.15) is 16.4 Å². The largest absolute Gasteiger partial charge is 0.329 e. The Morgan fingerprint density at radius 2 is 1.88 bits per heavy atom. The SMILES string of the molecule is Cc1ccccc1C(CN)Sc1ccncc1. The Labute approximate surface area is 106 Å². The molecule has 1 aromatic carbocycles. The monoisotopic (exact) mass is 244 g/mol. The minimum Gasteiger partial charge on any atom is -0.329 e. The molecule has 0 saturated carbocycles. The van der Waals surface area contributed by atoms with Crippen LogP contribution in [0.5, 0.6) is 0 Å². The number of pyridine rings is 1. The highest BCUT2D eigenvalue weighted by Crippen LogP contribution is 2.35. The lowest BCUT2D eigenvalue weighted by Crippen LogP contribution is -2.10. The molecule has 1 atom stereocenters. The third-order valence-electron chi connectivity index (χ3n) is 2.68. The lowest BCUT2D eigenvalue weighted by molar-refractivity contribution is 0.930. The molecule has 0 saturated heterocycles. The van der Waals surface area contributed by atoms with E-state index in [1.54, 1.807) is 11.8 Å². The Hall–Kier alpha value is -1.32. The number of hydrogen-bond acceptors (Lipinski definition) is 3. The summed E-state index contributed by atoms with van der Waals surface area (Å²) < 4.78 is 0. The summed E-state index contributed by atoms with van der Waals surface area (Å²) in [5, 5.41) is 0.304. The van der Waals surface area contributed by atoms with E-state index in [9.17, 15) is 0 Å². The van der Waals surface area contributed by atoms with Gasteiger partial charge in [-0.15, -0.1) is 11.8 Å². The van der Waals surface area contributed by atoms with Crippen molar-refractivity contribution in [1.82, 2.24) is 4.98 Å². The maximum absolute atomic E-state index is 5.89. The maximum atomic E-state index is 5.89. The van der Waals surface area contributed by atoms with Crippen LogP contribution < -0.4 is 5.73 Å². The molecule has 2 nitrogen and oxygen atoms in total. The number of hydrogen-bond donors (Lipinski definition) is 1. The Kier molecular flexibility index (Phi) is 4.18. The second-order valence-electron chi connectivity index (χ2n) is 3.88. The van der Waals surface area contributed by atoms with Crippen LogP contribution in [0, 0.1) is 6.92 Å². The molecule has 0 fully saturated rings. The van der Waals surface area contributed by atoms with Gasteiger partial charge in [-0.2, -0.15) is 0 Å². The third-order valence-corrected chi connectivity index (χ3v) is 3.95. The summed E-state index contributed by atoms with van der Waals surface area (Å²) in [5.74, 6) is 0. The van der Waals surface area contributed by atoms with Crippen LogP contribution in [0.3, 0.4) is 0 Å². The summed E-state index contributed by atoms with van der Waals surface area (Å²) in [7, 11) is 0.